The van der Waals surface area contributed by atoms with Crippen LogP contribution in [0.3, 0.4) is 0 Å². The number of hydrogen-bond acceptors (Lipinski definition) is 6. The molecule has 0 unspecified atom stereocenters. The first kappa shape index (κ1) is 21.2. The lowest BCUT2D eigenvalue weighted by atomic mass is 10.1. The Balaban J connectivity index is 1.14. The van der Waals surface area contributed by atoms with E-state index in [0.717, 1.165) is 17.8 Å². The van der Waals surface area contributed by atoms with Gasteiger partial charge < -0.3 is 9.40 Å². The van der Waals surface area contributed by atoms with E-state index in [-0.39, 0.29) is 23.9 Å². The summed E-state index contributed by atoms with van der Waals surface area (Å²) in [6, 6.07) is 20.1. The first-order chi connectivity index (χ1) is 17.1. The lowest BCUT2D eigenvalue weighted by molar-refractivity contribution is 0.0630. The minimum absolute atomic E-state index is 0.0844. The highest BCUT2D eigenvalue weighted by Crippen LogP contribution is 2.25. The summed E-state index contributed by atoms with van der Waals surface area (Å²) in [4.78, 5) is 49.0. The number of imide groups is 1. The molecule has 174 valence electrons. The third-order valence-electron chi connectivity index (χ3n) is 6.48. The second kappa shape index (κ2) is 8.48. The molecule has 0 aliphatic carbocycles. The van der Waals surface area contributed by atoms with Crippen molar-refractivity contribution >= 4 is 11.8 Å². The summed E-state index contributed by atoms with van der Waals surface area (Å²) in [6.07, 6.45) is 0.668. The molecular formula is C27H22N4O4. The van der Waals surface area contributed by atoms with Gasteiger partial charge in [-0.15, -0.1) is 0 Å². The summed E-state index contributed by atoms with van der Waals surface area (Å²) in [5, 5.41) is 0. The third-order valence-corrected chi connectivity index (χ3v) is 6.48. The first-order valence-electron chi connectivity index (χ1n) is 11.5. The van der Waals surface area contributed by atoms with E-state index < -0.39 is 0 Å². The molecule has 8 nitrogen and oxygen atoms in total. The van der Waals surface area contributed by atoms with E-state index in [1.165, 1.54) is 4.90 Å². The minimum Gasteiger partial charge on any atom is -0.463 e. The minimum atomic E-state index is -0.308. The molecule has 2 aliphatic rings. The number of H-pyrrole nitrogens is 1. The molecule has 6 rings (SSSR count). The standard InChI is InChI=1S/C27H22N4O4/c32-25-22-16-30(13-12-23(22)28-24(29-25)17-6-2-1-3-7-17)14-18-10-11-19(35-18)15-31-26(33)20-8-4-5-9-21(20)27(31)34/h1-11H,12-16H2,(H,28,29,32). The van der Waals surface area contributed by atoms with Gasteiger partial charge in [0.1, 0.15) is 17.3 Å². The molecule has 8 heteroatoms. The molecule has 1 N–H and O–H groups in total. The highest BCUT2D eigenvalue weighted by atomic mass is 16.3. The summed E-state index contributed by atoms with van der Waals surface area (Å²) in [5.41, 5.74) is 3.11. The van der Waals surface area contributed by atoms with Gasteiger partial charge in [-0.05, 0) is 24.3 Å². The van der Waals surface area contributed by atoms with Crippen molar-refractivity contribution in [3.63, 3.8) is 0 Å². The van der Waals surface area contributed by atoms with E-state index in [0.29, 0.717) is 53.5 Å². The number of amides is 2. The van der Waals surface area contributed by atoms with Crippen molar-refractivity contribution in [3.8, 4) is 11.4 Å². The normalized spacial score (nSPS) is 15.4. The van der Waals surface area contributed by atoms with Crippen LogP contribution in [0.1, 0.15) is 43.5 Å². The van der Waals surface area contributed by atoms with Crippen LogP contribution in [0.5, 0.6) is 0 Å². The Morgan fingerprint density at radius 3 is 2.20 bits per heavy atom. The molecule has 2 aliphatic heterocycles. The van der Waals surface area contributed by atoms with E-state index in [9.17, 15) is 14.4 Å². The quantitative estimate of drug-likeness (QED) is 0.453. The summed E-state index contributed by atoms with van der Waals surface area (Å²) in [5.74, 6) is 1.23. The summed E-state index contributed by atoms with van der Waals surface area (Å²) in [7, 11) is 0. The molecule has 0 radical (unpaired) electrons. The van der Waals surface area contributed by atoms with E-state index in [4.69, 9.17) is 9.40 Å². The van der Waals surface area contributed by atoms with Crippen LogP contribution >= 0.6 is 0 Å². The number of aromatic amines is 1. The van der Waals surface area contributed by atoms with Gasteiger partial charge in [0.25, 0.3) is 17.4 Å². The Bertz CT molecular complexity index is 1470. The van der Waals surface area contributed by atoms with Gasteiger partial charge in [-0.3, -0.25) is 24.2 Å². The number of hydrogen-bond donors (Lipinski definition) is 1. The molecule has 0 saturated carbocycles. The van der Waals surface area contributed by atoms with Crippen molar-refractivity contribution in [1.82, 2.24) is 19.8 Å². The topological polar surface area (TPSA) is 99.5 Å². The molecule has 0 spiro atoms. The van der Waals surface area contributed by atoms with Crippen LogP contribution in [0.2, 0.25) is 0 Å². The number of fused-ring (bicyclic) bond motifs is 2. The number of nitrogens with zero attached hydrogens (tertiary/aromatic N) is 3. The van der Waals surface area contributed by atoms with Gasteiger partial charge in [-0.25, -0.2) is 4.98 Å². The molecule has 0 saturated heterocycles. The molecule has 4 heterocycles. The van der Waals surface area contributed by atoms with Crippen molar-refractivity contribution in [3.05, 3.63) is 111 Å². The fourth-order valence-electron chi connectivity index (χ4n) is 4.70. The van der Waals surface area contributed by atoms with Crippen LogP contribution in [0, 0.1) is 0 Å². The van der Waals surface area contributed by atoms with Crippen LogP contribution in [0.25, 0.3) is 11.4 Å². The molecule has 2 aromatic heterocycles. The van der Waals surface area contributed by atoms with Gasteiger partial charge in [-0.2, -0.15) is 0 Å². The Labute approximate surface area is 200 Å². The van der Waals surface area contributed by atoms with E-state index in [2.05, 4.69) is 9.88 Å². The molecule has 35 heavy (non-hydrogen) atoms. The predicted octanol–water partition coefficient (Wildman–Crippen LogP) is 3.38. The number of benzene rings is 2. The highest BCUT2D eigenvalue weighted by molar-refractivity contribution is 6.21. The highest BCUT2D eigenvalue weighted by Gasteiger charge is 2.35. The van der Waals surface area contributed by atoms with E-state index in [1.54, 1.807) is 30.3 Å². The van der Waals surface area contributed by atoms with Crippen LogP contribution in [0.15, 0.2) is 75.9 Å². The summed E-state index contributed by atoms with van der Waals surface area (Å²) < 4.78 is 5.95. The molecule has 4 aromatic rings. The first-order valence-corrected chi connectivity index (χ1v) is 11.5. The van der Waals surface area contributed by atoms with Gasteiger partial charge in [0.05, 0.1) is 35.5 Å². The van der Waals surface area contributed by atoms with Gasteiger partial charge in [0.15, 0.2) is 0 Å². The van der Waals surface area contributed by atoms with Crippen molar-refractivity contribution in [1.29, 1.82) is 0 Å². The third kappa shape index (κ3) is 3.87. The zero-order valence-electron chi connectivity index (χ0n) is 18.9. The van der Waals surface area contributed by atoms with Crippen molar-refractivity contribution in [2.24, 2.45) is 0 Å². The Morgan fingerprint density at radius 2 is 1.49 bits per heavy atom. The van der Waals surface area contributed by atoms with Crippen LogP contribution in [-0.4, -0.2) is 38.1 Å². The number of aromatic nitrogens is 2. The number of furan rings is 1. The number of carbonyl (C=O) groups excluding carboxylic acids is 2. The van der Waals surface area contributed by atoms with Crippen LogP contribution in [-0.2, 0) is 26.1 Å². The summed E-state index contributed by atoms with van der Waals surface area (Å²) in [6.45, 7) is 1.82. The smallest absolute Gasteiger partial charge is 0.261 e. The molecule has 2 aromatic carbocycles. The molecule has 2 amide bonds. The second-order valence-corrected chi connectivity index (χ2v) is 8.78. The maximum atomic E-state index is 12.8. The number of carbonyl (C=O) groups is 2. The monoisotopic (exact) mass is 466 g/mol. The zero-order chi connectivity index (χ0) is 23.9. The van der Waals surface area contributed by atoms with Crippen LogP contribution < -0.4 is 5.56 Å². The van der Waals surface area contributed by atoms with Gasteiger partial charge in [0.2, 0.25) is 0 Å². The lowest BCUT2D eigenvalue weighted by Gasteiger charge is -2.26. The fraction of sp³-hybridized carbons (Fsp3) is 0.185. The molecular weight excluding hydrogens is 444 g/mol. The van der Waals surface area contributed by atoms with Gasteiger partial charge in [-0.1, -0.05) is 42.5 Å². The number of rotatable bonds is 5. The lowest BCUT2D eigenvalue weighted by Crippen LogP contribution is -2.35. The van der Waals surface area contributed by atoms with Crippen LogP contribution in [0.4, 0.5) is 0 Å². The maximum Gasteiger partial charge on any atom is 0.261 e. The second-order valence-electron chi connectivity index (χ2n) is 8.78. The zero-order valence-corrected chi connectivity index (χ0v) is 18.9. The van der Waals surface area contributed by atoms with Gasteiger partial charge >= 0.3 is 0 Å². The Kier molecular flexibility index (Phi) is 5.15. The Hall–Kier alpha value is -4.30. The largest absolute Gasteiger partial charge is 0.463 e. The number of nitrogens with one attached hydrogen (secondary N) is 1. The summed E-state index contributed by atoms with van der Waals surface area (Å²) >= 11 is 0. The Morgan fingerprint density at radius 1 is 0.829 bits per heavy atom. The van der Waals surface area contributed by atoms with Crippen molar-refractivity contribution in [2.45, 2.75) is 26.1 Å². The van der Waals surface area contributed by atoms with Crippen molar-refractivity contribution < 1.29 is 14.0 Å². The van der Waals surface area contributed by atoms with Crippen molar-refractivity contribution in [2.75, 3.05) is 6.54 Å². The predicted molar refractivity (Wildman–Crippen MR) is 127 cm³/mol. The SMILES string of the molecule is O=C1c2ccccc2C(=O)N1Cc1ccc(CN2CCc3nc(-c4ccccc4)[nH]c(=O)c3C2)o1. The fourth-order valence-corrected chi connectivity index (χ4v) is 4.70. The van der Waals surface area contributed by atoms with Gasteiger partial charge in [0, 0.05) is 25.1 Å². The maximum absolute atomic E-state index is 12.8. The van der Waals surface area contributed by atoms with E-state index >= 15 is 0 Å². The average molecular weight is 466 g/mol. The van der Waals surface area contributed by atoms with E-state index in [1.807, 2.05) is 36.4 Å². The molecule has 0 atom stereocenters. The molecule has 0 bridgehead atoms. The average Bonchev–Trinajstić information content (AvgIpc) is 3.43. The molecule has 0 fully saturated rings.